The number of rotatable bonds is 3. The van der Waals surface area contributed by atoms with E-state index in [-0.39, 0.29) is 11.6 Å². The van der Waals surface area contributed by atoms with Crippen molar-refractivity contribution in [1.29, 1.82) is 0 Å². The van der Waals surface area contributed by atoms with Crippen LogP contribution in [0.2, 0.25) is 5.02 Å². The molecular weight excluding hydrogens is 338 g/mol. The fourth-order valence-electron chi connectivity index (χ4n) is 3.38. The van der Waals surface area contributed by atoms with E-state index in [1.165, 1.54) is 6.42 Å². The van der Waals surface area contributed by atoms with E-state index in [4.69, 9.17) is 11.6 Å². The molecule has 2 aromatic heterocycles. The predicted molar refractivity (Wildman–Crippen MR) is 97.9 cm³/mol. The van der Waals surface area contributed by atoms with E-state index in [1.54, 1.807) is 16.8 Å². The summed E-state index contributed by atoms with van der Waals surface area (Å²) in [5.41, 5.74) is 5.07. The number of carbonyl (C=O) groups excluding carboxylic acids is 1. The van der Waals surface area contributed by atoms with Crippen molar-refractivity contribution in [3.63, 3.8) is 0 Å². The third-order valence-corrected chi connectivity index (χ3v) is 5.00. The zero-order valence-corrected chi connectivity index (χ0v) is 15.8. The Kier molecular flexibility index (Phi) is 5.11. The Bertz CT molecular complexity index is 778. The predicted octanol–water partition coefficient (Wildman–Crippen LogP) is 3.45. The molecule has 0 aliphatic carbocycles. The molecule has 0 unspecified atom stereocenters. The third kappa shape index (κ3) is 3.70. The zero-order chi connectivity index (χ0) is 18.1. The second-order valence-corrected chi connectivity index (χ2v) is 7.22. The van der Waals surface area contributed by atoms with Crippen molar-refractivity contribution >= 4 is 17.5 Å². The topological polar surface area (TPSA) is 63.1 Å². The van der Waals surface area contributed by atoms with E-state index >= 15 is 0 Å². The minimum atomic E-state index is -0.283. The van der Waals surface area contributed by atoms with Gasteiger partial charge in [-0.2, -0.15) is 5.10 Å². The van der Waals surface area contributed by atoms with Crippen molar-refractivity contribution in [3.05, 3.63) is 40.3 Å². The number of aromatic nitrogens is 3. The van der Waals surface area contributed by atoms with Gasteiger partial charge in [0.1, 0.15) is 0 Å². The van der Waals surface area contributed by atoms with Crippen molar-refractivity contribution in [2.45, 2.75) is 59.0 Å². The van der Waals surface area contributed by atoms with Crippen LogP contribution in [-0.2, 0) is 0 Å². The van der Waals surface area contributed by atoms with Crippen LogP contribution in [0.4, 0.5) is 0 Å². The summed E-state index contributed by atoms with van der Waals surface area (Å²) in [6.45, 7) is 8.12. The van der Waals surface area contributed by atoms with Crippen LogP contribution in [0.25, 0.3) is 5.82 Å². The molecule has 1 amide bonds. The highest BCUT2D eigenvalue weighted by Gasteiger charge is 2.27. The van der Waals surface area contributed by atoms with Crippen LogP contribution in [0, 0.1) is 13.8 Å². The minimum absolute atomic E-state index is 0.219. The lowest BCUT2D eigenvalue weighted by Crippen LogP contribution is -2.54. The van der Waals surface area contributed by atoms with E-state index in [9.17, 15) is 4.79 Å². The molecule has 1 saturated heterocycles. The number of hydrogen-bond donors (Lipinski definition) is 1. The van der Waals surface area contributed by atoms with Crippen LogP contribution >= 0.6 is 11.6 Å². The molecule has 6 nitrogen and oxygen atoms in total. The standard InChI is InChI=1S/C18H24ClN5O/c1-11-10-14(4)24(21-11)16-9-8-15(19)17(20-16)18(25)22-23-12(2)6-5-7-13(23)3/h8-10,12-13H,5-7H2,1-4H3,(H,22,25)/t12-,13-/m1/s1. The van der Waals surface area contributed by atoms with Crippen LogP contribution in [0.5, 0.6) is 0 Å². The normalized spacial score (nSPS) is 21.3. The molecule has 3 rings (SSSR count). The van der Waals surface area contributed by atoms with E-state index < -0.39 is 0 Å². The molecule has 0 spiro atoms. The molecule has 1 aliphatic heterocycles. The smallest absolute Gasteiger partial charge is 0.283 e. The Balaban J connectivity index is 1.87. The first kappa shape index (κ1) is 17.9. The molecule has 0 radical (unpaired) electrons. The van der Waals surface area contributed by atoms with Crippen LogP contribution in [-0.4, -0.2) is 37.8 Å². The molecule has 1 aliphatic rings. The molecule has 1 fully saturated rings. The molecule has 7 heteroatoms. The molecule has 2 atom stereocenters. The van der Waals surface area contributed by atoms with Gasteiger partial charge in [-0.15, -0.1) is 0 Å². The van der Waals surface area contributed by atoms with E-state index in [0.717, 1.165) is 24.2 Å². The van der Waals surface area contributed by atoms with Gasteiger partial charge in [0.2, 0.25) is 0 Å². The molecule has 0 bridgehead atoms. The van der Waals surface area contributed by atoms with Crippen molar-refractivity contribution < 1.29 is 4.79 Å². The average Bonchev–Trinajstić information content (AvgIpc) is 2.90. The van der Waals surface area contributed by atoms with Crippen LogP contribution < -0.4 is 5.43 Å². The van der Waals surface area contributed by atoms with Gasteiger partial charge in [-0.3, -0.25) is 10.2 Å². The lowest BCUT2D eigenvalue weighted by atomic mass is 10.00. The number of piperidine rings is 1. The summed E-state index contributed by atoms with van der Waals surface area (Å²) >= 11 is 6.24. The van der Waals surface area contributed by atoms with Gasteiger partial charge in [-0.05, 0) is 58.7 Å². The summed E-state index contributed by atoms with van der Waals surface area (Å²) in [7, 11) is 0. The van der Waals surface area contributed by atoms with Gasteiger partial charge in [-0.25, -0.2) is 14.7 Å². The van der Waals surface area contributed by atoms with Gasteiger partial charge in [0.25, 0.3) is 5.91 Å². The first-order chi connectivity index (χ1) is 11.9. The summed E-state index contributed by atoms with van der Waals surface area (Å²) in [6, 6.07) is 6.02. The summed E-state index contributed by atoms with van der Waals surface area (Å²) in [6.07, 6.45) is 3.32. The monoisotopic (exact) mass is 361 g/mol. The van der Waals surface area contributed by atoms with Crippen molar-refractivity contribution in [2.24, 2.45) is 0 Å². The number of amides is 1. The molecule has 1 N–H and O–H groups in total. The number of carbonyl (C=O) groups is 1. The fraction of sp³-hybridized carbons (Fsp3) is 0.500. The van der Waals surface area contributed by atoms with Crippen LogP contribution in [0.15, 0.2) is 18.2 Å². The van der Waals surface area contributed by atoms with Crippen LogP contribution in [0.3, 0.4) is 0 Å². The number of hydrazine groups is 1. The Labute approximate surface area is 153 Å². The van der Waals surface area contributed by atoms with E-state index in [0.29, 0.717) is 22.9 Å². The Morgan fingerprint density at radius 1 is 1.24 bits per heavy atom. The minimum Gasteiger partial charge on any atom is -0.283 e. The second-order valence-electron chi connectivity index (χ2n) is 6.82. The third-order valence-electron chi connectivity index (χ3n) is 4.70. The maximum Gasteiger partial charge on any atom is 0.285 e. The van der Waals surface area contributed by atoms with Gasteiger partial charge < -0.3 is 0 Å². The summed E-state index contributed by atoms with van der Waals surface area (Å²) in [5, 5.41) is 6.77. The fourth-order valence-corrected chi connectivity index (χ4v) is 3.57. The second kappa shape index (κ2) is 7.14. The Hall–Kier alpha value is -1.92. The zero-order valence-electron chi connectivity index (χ0n) is 15.1. The first-order valence-corrected chi connectivity index (χ1v) is 9.04. The molecule has 134 valence electrons. The highest BCUT2D eigenvalue weighted by Crippen LogP contribution is 2.22. The number of nitrogens with one attached hydrogen (secondary N) is 1. The first-order valence-electron chi connectivity index (χ1n) is 8.66. The quantitative estimate of drug-likeness (QED) is 0.909. The van der Waals surface area contributed by atoms with E-state index in [2.05, 4.69) is 29.4 Å². The SMILES string of the molecule is Cc1cc(C)n(-c2ccc(Cl)c(C(=O)NN3[C@H](C)CCC[C@H]3C)n2)n1. The van der Waals surface area contributed by atoms with Crippen molar-refractivity contribution in [2.75, 3.05) is 0 Å². The number of hydrogen-bond acceptors (Lipinski definition) is 4. The molecule has 3 heterocycles. The van der Waals surface area contributed by atoms with Gasteiger partial charge in [0.15, 0.2) is 11.5 Å². The van der Waals surface area contributed by atoms with Crippen LogP contribution in [0.1, 0.15) is 55.0 Å². The van der Waals surface area contributed by atoms with Gasteiger partial charge in [0.05, 0.1) is 10.7 Å². The maximum atomic E-state index is 12.8. The van der Waals surface area contributed by atoms with Crippen molar-refractivity contribution in [1.82, 2.24) is 25.2 Å². The Morgan fingerprint density at radius 2 is 1.92 bits per heavy atom. The average molecular weight is 362 g/mol. The summed E-state index contributed by atoms with van der Waals surface area (Å²) in [4.78, 5) is 17.2. The molecule has 25 heavy (non-hydrogen) atoms. The lowest BCUT2D eigenvalue weighted by Gasteiger charge is -2.38. The van der Waals surface area contributed by atoms with Crippen molar-refractivity contribution in [3.8, 4) is 5.82 Å². The highest BCUT2D eigenvalue weighted by molar-refractivity contribution is 6.33. The number of pyridine rings is 1. The molecule has 0 saturated carbocycles. The van der Waals surface area contributed by atoms with E-state index in [1.807, 2.05) is 24.9 Å². The van der Waals surface area contributed by atoms with Gasteiger partial charge in [-0.1, -0.05) is 18.0 Å². The lowest BCUT2D eigenvalue weighted by molar-refractivity contribution is 0.0366. The highest BCUT2D eigenvalue weighted by atomic mass is 35.5. The largest absolute Gasteiger partial charge is 0.285 e. The molecule has 2 aromatic rings. The van der Waals surface area contributed by atoms with Gasteiger partial charge >= 0.3 is 0 Å². The van der Waals surface area contributed by atoms with Gasteiger partial charge in [0, 0.05) is 17.8 Å². The number of halogens is 1. The molecule has 0 aromatic carbocycles. The Morgan fingerprint density at radius 3 is 2.52 bits per heavy atom. The molecular formula is C18H24ClN5O. The summed E-state index contributed by atoms with van der Waals surface area (Å²) < 4.78 is 1.72. The maximum absolute atomic E-state index is 12.8. The number of nitrogens with zero attached hydrogens (tertiary/aromatic N) is 4. The summed E-state index contributed by atoms with van der Waals surface area (Å²) in [5.74, 6) is 0.300. The number of aryl methyl sites for hydroxylation is 2.